The lowest BCUT2D eigenvalue weighted by molar-refractivity contribution is -0.931. The van der Waals surface area contributed by atoms with Crippen molar-refractivity contribution >= 4 is 0 Å². The van der Waals surface area contributed by atoms with Gasteiger partial charge in [-0.25, -0.2) is 0 Å². The molecule has 2 bridgehead atoms. The summed E-state index contributed by atoms with van der Waals surface area (Å²) in [4.78, 5) is 0. The second kappa shape index (κ2) is 8.55. The molecule has 4 rings (SSSR count). The number of hydrogen-bond donors (Lipinski definition) is 1. The van der Waals surface area contributed by atoms with E-state index in [9.17, 15) is 5.11 Å². The Morgan fingerprint density at radius 2 is 1.41 bits per heavy atom. The highest BCUT2D eigenvalue weighted by Gasteiger charge is 2.50. The van der Waals surface area contributed by atoms with Crippen molar-refractivity contribution in [3.05, 3.63) is 35.9 Å². The summed E-state index contributed by atoms with van der Waals surface area (Å²) in [5, 5.41) is 11.9. The molecule has 152 valence electrons. The summed E-state index contributed by atoms with van der Waals surface area (Å²) in [5.74, 6) is 1.40. The Bertz CT molecular complexity index is 582. The Morgan fingerprint density at radius 3 is 2.00 bits per heavy atom. The molecule has 1 aromatic rings. The van der Waals surface area contributed by atoms with E-state index in [1.165, 1.54) is 62.3 Å². The second-order valence-electron chi connectivity index (χ2n) is 10.2. The van der Waals surface area contributed by atoms with Gasteiger partial charge in [-0.05, 0) is 30.2 Å². The molecule has 2 aliphatic heterocycles. The van der Waals surface area contributed by atoms with Gasteiger partial charge in [0.2, 0.25) is 0 Å². The van der Waals surface area contributed by atoms with Crippen LogP contribution < -0.4 is 17.0 Å². The molecule has 1 saturated carbocycles. The highest BCUT2D eigenvalue weighted by molar-refractivity contribution is 5.22. The van der Waals surface area contributed by atoms with E-state index < -0.39 is 5.60 Å². The average molecular weight is 436 g/mol. The number of nitrogens with zero attached hydrogens (tertiary/aromatic N) is 1. The Kier molecular flexibility index (Phi) is 6.75. The van der Waals surface area contributed by atoms with E-state index in [-0.39, 0.29) is 17.0 Å². The third-order valence-corrected chi connectivity index (χ3v) is 8.21. The summed E-state index contributed by atoms with van der Waals surface area (Å²) in [6.45, 7) is 0. The lowest BCUT2D eigenvalue weighted by atomic mass is 9.72. The van der Waals surface area contributed by atoms with Crippen LogP contribution in [0.15, 0.2) is 30.3 Å². The predicted octanol–water partition coefficient (Wildman–Crippen LogP) is 2.26. The molecule has 3 fully saturated rings. The Balaban J connectivity index is 0.00000210. The Hall–Kier alpha value is -0.380. The maximum atomic E-state index is 11.9. The van der Waals surface area contributed by atoms with Crippen LogP contribution in [0.5, 0.6) is 0 Å². The van der Waals surface area contributed by atoms with Crippen LogP contribution in [0.1, 0.15) is 76.2 Å². The van der Waals surface area contributed by atoms with Crippen molar-refractivity contribution in [3.8, 4) is 0 Å². The average Bonchev–Trinajstić information content (AvgIpc) is 2.80. The number of benzene rings is 1. The minimum Gasteiger partial charge on any atom is -1.00 e. The van der Waals surface area contributed by atoms with E-state index in [1.807, 2.05) is 0 Å². The van der Waals surface area contributed by atoms with Crippen molar-refractivity contribution < 1.29 is 26.6 Å². The summed E-state index contributed by atoms with van der Waals surface area (Å²) < 4.78 is 1.23. The summed E-state index contributed by atoms with van der Waals surface area (Å²) in [6.07, 6.45) is 14.1. The molecule has 27 heavy (non-hydrogen) atoms. The van der Waals surface area contributed by atoms with Gasteiger partial charge in [0, 0.05) is 25.7 Å². The first-order valence-electron chi connectivity index (χ1n) is 11.1. The standard InChI is InChI=1S/C24H38NO.BrH/c1-25(2)22-13-14-23(25)16-20(15-22)18-24(26,21-11-7-4-8-12-21)17-19-9-5-3-6-10-19;/h4,7-8,11-12,19-20,22-23,26H,3,5-6,9-10,13-18H2,1-2H3;1H/q+1;/p-1/t20?,22-,23+,24?;. The minimum absolute atomic E-state index is 0. The zero-order chi connectivity index (χ0) is 18.2. The van der Waals surface area contributed by atoms with E-state index in [1.54, 1.807) is 0 Å². The minimum atomic E-state index is -0.623. The first kappa shape index (κ1) is 21.3. The molecule has 1 aromatic carbocycles. The first-order chi connectivity index (χ1) is 12.5. The van der Waals surface area contributed by atoms with Crippen LogP contribution in [0, 0.1) is 11.8 Å². The van der Waals surface area contributed by atoms with Crippen LogP contribution in [0.3, 0.4) is 0 Å². The third kappa shape index (κ3) is 4.46. The van der Waals surface area contributed by atoms with Crippen molar-refractivity contribution in [2.75, 3.05) is 14.1 Å². The normalized spacial score (nSPS) is 32.5. The molecule has 2 heterocycles. The van der Waals surface area contributed by atoms with E-state index >= 15 is 0 Å². The molecule has 0 spiro atoms. The zero-order valence-electron chi connectivity index (χ0n) is 17.2. The van der Waals surface area contributed by atoms with Gasteiger partial charge in [0.05, 0.1) is 31.8 Å². The van der Waals surface area contributed by atoms with Gasteiger partial charge in [-0.2, -0.15) is 0 Å². The van der Waals surface area contributed by atoms with E-state index in [0.29, 0.717) is 11.8 Å². The number of hydrogen-bond acceptors (Lipinski definition) is 1. The molecule has 1 aliphatic carbocycles. The van der Waals surface area contributed by atoms with Crippen LogP contribution in [0.4, 0.5) is 0 Å². The highest BCUT2D eigenvalue weighted by Crippen LogP contribution is 2.47. The predicted molar refractivity (Wildman–Crippen MR) is 108 cm³/mol. The lowest BCUT2D eigenvalue weighted by Crippen LogP contribution is -3.00. The number of aliphatic hydroxyl groups is 1. The quantitative estimate of drug-likeness (QED) is 0.703. The summed E-state index contributed by atoms with van der Waals surface area (Å²) in [5.41, 5.74) is 0.541. The van der Waals surface area contributed by atoms with Crippen molar-refractivity contribution in [2.45, 2.75) is 88.3 Å². The van der Waals surface area contributed by atoms with Crippen molar-refractivity contribution in [1.29, 1.82) is 0 Å². The van der Waals surface area contributed by atoms with Crippen LogP contribution in [-0.4, -0.2) is 35.8 Å². The Labute approximate surface area is 176 Å². The molecule has 0 amide bonds. The van der Waals surface area contributed by atoms with Gasteiger partial charge in [-0.1, -0.05) is 62.4 Å². The zero-order valence-corrected chi connectivity index (χ0v) is 18.8. The smallest absolute Gasteiger partial charge is 0.0901 e. The molecule has 3 heteroatoms. The van der Waals surface area contributed by atoms with Gasteiger partial charge in [0.15, 0.2) is 0 Å². The number of halogens is 1. The largest absolute Gasteiger partial charge is 1.00 e. The fourth-order valence-electron chi connectivity index (χ4n) is 6.57. The highest BCUT2D eigenvalue weighted by atomic mass is 79.9. The van der Waals surface area contributed by atoms with Crippen molar-refractivity contribution in [2.24, 2.45) is 11.8 Å². The fraction of sp³-hybridized carbons (Fsp3) is 0.750. The maximum absolute atomic E-state index is 11.9. The van der Waals surface area contributed by atoms with Crippen LogP contribution in [0.25, 0.3) is 0 Å². The SMILES string of the molecule is C[N+]1(C)[C@@H]2CC[C@H]1CC(CC(O)(CC1CCCCC1)c1ccccc1)C2.[Br-]. The molecule has 0 aromatic heterocycles. The van der Waals surface area contributed by atoms with Gasteiger partial charge < -0.3 is 26.6 Å². The number of rotatable bonds is 5. The van der Waals surface area contributed by atoms with Gasteiger partial charge in [-0.15, -0.1) is 0 Å². The van der Waals surface area contributed by atoms with E-state index in [2.05, 4.69) is 44.4 Å². The van der Waals surface area contributed by atoms with Gasteiger partial charge in [-0.3, -0.25) is 0 Å². The lowest BCUT2D eigenvalue weighted by Gasteiger charge is -2.46. The molecule has 4 atom stereocenters. The molecule has 1 N–H and O–H groups in total. The molecule has 2 saturated heterocycles. The first-order valence-corrected chi connectivity index (χ1v) is 11.1. The maximum Gasteiger partial charge on any atom is 0.0901 e. The van der Waals surface area contributed by atoms with Crippen molar-refractivity contribution in [3.63, 3.8) is 0 Å². The van der Waals surface area contributed by atoms with E-state index in [4.69, 9.17) is 0 Å². The number of quaternary nitrogens is 1. The van der Waals surface area contributed by atoms with Gasteiger partial charge in [0.25, 0.3) is 0 Å². The molecule has 2 unspecified atom stereocenters. The second-order valence-corrected chi connectivity index (χ2v) is 10.2. The Morgan fingerprint density at radius 1 is 0.852 bits per heavy atom. The molecular weight excluding hydrogens is 398 g/mol. The number of fused-ring (bicyclic) bond motifs is 2. The summed E-state index contributed by atoms with van der Waals surface area (Å²) >= 11 is 0. The monoisotopic (exact) mass is 435 g/mol. The summed E-state index contributed by atoms with van der Waals surface area (Å²) in [6, 6.07) is 12.2. The molecule has 2 nitrogen and oxygen atoms in total. The molecule has 3 aliphatic rings. The third-order valence-electron chi connectivity index (χ3n) is 8.21. The van der Waals surface area contributed by atoms with E-state index in [0.717, 1.165) is 30.5 Å². The van der Waals surface area contributed by atoms with Crippen LogP contribution >= 0.6 is 0 Å². The molecule has 0 radical (unpaired) electrons. The van der Waals surface area contributed by atoms with Gasteiger partial charge in [0.1, 0.15) is 0 Å². The van der Waals surface area contributed by atoms with Gasteiger partial charge >= 0.3 is 0 Å². The number of piperidine rings is 1. The van der Waals surface area contributed by atoms with Crippen LogP contribution in [-0.2, 0) is 5.60 Å². The fourth-order valence-corrected chi connectivity index (χ4v) is 6.57. The van der Waals surface area contributed by atoms with Crippen LogP contribution in [0.2, 0.25) is 0 Å². The summed E-state index contributed by atoms with van der Waals surface area (Å²) in [7, 11) is 4.87. The topological polar surface area (TPSA) is 20.2 Å². The molecular formula is C24H38BrNO. The van der Waals surface area contributed by atoms with Crippen molar-refractivity contribution in [1.82, 2.24) is 0 Å².